The fraction of sp³-hybridized carbons (Fsp3) is 0.909. The quantitative estimate of drug-likeness (QED) is 0.471. The summed E-state index contributed by atoms with van der Waals surface area (Å²) in [4.78, 5) is 6.68. The molecule has 2 rings (SSSR count). The molecule has 0 radical (unpaired) electrons. The number of ether oxygens (including phenoxy) is 1. The van der Waals surface area contributed by atoms with Gasteiger partial charge in [0.15, 0.2) is 5.96 Å². The van der Waals surface area contributed by atoms with Gasteiger partial charge in [0, 0.05) is 18.5 Å². The van der Waals surface area contributed by atoms with E-state index in [9.17, 15) is 0 Å². The molecule has 0 amide bonds. The zero-order valence-corrected chi connectivity index (χ0v) is 12.3. The van der Waals surface area contributed by atoms with E-state index in [1.54, 1.807) is 0 Å². The Morgan fingerprint density at radius 2 is 1.94 bits per heavy atom. The third kappa shape index (κ3) is 3.48. The summed E-state index contributed by atoms with van der Waals surface area (Å²) in [5, 5.41) is 0. The predicted molar refractivity (Wildman–Crippen MR) is 76.3 cm³/mol. The van der Waals surface area contributed by atoms with Crippen molar-refractivity contribution >= 4 is 29.9 Å². The molecule has 2 saturated heterocycles. The minimum Gasteiger partial charge on any atom is -0.380 e. The molecule has 0 aromatic heterocycles. The predicted octanol–water partition coefficient (Wildman–Crippen LogP) is 1.44. The summed E-state index contributed by atoms with van der Waals surface area (Å²) in [5.41, 5.74) is 6.21. The number of halogens is 1. The van der Waals surface area contributed by atoms with Crippen LogP contribution in [0.1, 0.15) is 26.2 Å². The number of rotatable bonds is 2. The highest BCUT2D eigenvalue weighted by Crippen LogP contribution is 2.26. The van der Waals surface area contributed by atoms with Gasteiger partial charge >= 0.3 is 0 Å². The molecular formula is C11H22IN3O. The number of aliphatic imine (C=N–C) groups is 1. The highest BCUT2D eigenvalue weighted by atomic mass is 127. The molecule has 0 aromatic carbocycles. The molecule has 5 heteroatoms. The summed E-state index contributed by atoms with van der Waals surface area (Å²) in [5.74, 6) is 0.725. The van der Waals surface area contributed by atoms with Gasteiger partial charge in [-0.2, -0.15) is 0 Å². The van der Waals surface area contributed by atoms with Crippen LogP contribution >= 0.6 is 24.0 Å². The molecule has 0 unspecified atom stereocenters. The third-order valence-electron chi connectivity index (χ3n) is 3.20. The van der Waals surface area contributed by atoms with Crippen LogP contribution in [0.25, 0.3) is 0 Å². The Morgan fingerprint density at radius 3 is 2.44 bits per heavy atom. The number of nitrogens with two attached hydrogens (primary N) is 1. The summed E-state index contributed by atoms with van der Waals surface area (Å²) < 4.78 is 5.19. The van der Waals surface area contributed by atoms with Crippen molar-refractivity contribution in [2.45, 2.75) is 26.2 Å². The largest absolute Gasteiger partial charge is 0.380 e. The number of guanidine groups is 1. The summed E-state index contributed by atoms with van der Waals surface area (Å²) in [6, 6.07) is 0. The lowest BCUT2D eigenvalue weighted by atomic mass is 9.89. The Labute approximate surface area is 115 Å². The molecule has 2 fully saturated rings. The Morgan fingerprint density at radius 1 is 1.31 bits per heavy atom. The highest BCUT2D eigenvalue weighted by Gasteiger charge is 2.33. The van der Waals surface area contributed by atoms with Crippen molar-refractivity contribution in [3.05, 3.63) is 0 Å². The number of nitrogens with zero attached hydrogens (tertiary/aromatic N) is 2. The number of hydrogen-bond acceptors (Lipinski definition) is 2. The van der Waals surface area contributed by atoms with Crippen molar-refractivity contribution in [1.29, 1.82) is 0 Å². The first-order chi connectivity index (χ1) is 7.20. The highest BCUT2D eigenvalue weighted by molar-refractivity contribution is 14.0. The average Bonchev–Trinajstić information content (AvgIpc) is 2.24. The van der Waals surface area contributed by atoms with E-state index in [0.717, 1.165) is 38.8 Å². The lowest BCUT2D eigenvalue weighted by Crippen LogP contribution is -2.45. The molecule has 94 valence electrons. The Bertz CT molecular complexity index is 248. The average molecular weight is 339 g/mol. The van der Waals surface area contributed by atoms with Crippen LogP contribution in [0.15, 0.2) is 4.99 Å². The molecular weight excluding hydrogens is 317 g/mol. The van der Waals surface area contributed by atoms with Crippen molar-refractivity contribution in [1.82, 2.24) is 4.90 Å². The lowest BCUT2D eigenvalue weighted by Gasteiger charge is -2.37. The second kappa shape index (κ2) is 6.05. The SMILES string of the molecule is CC1(CN=C(N)N2CCCCC2)COC1.I. The van der Waals surface area contributed by atoms with E-state index >= 15 is 0 Å². The van der Waals surface area contributed by atoms with Gasteiger partial charge in [0.25, 0.3) is 0 Å². The van der Waals surface area contributed by atoms with Crippen LogP contribution in [-0.2, 0) is 4.74 Å². The summed E-state index contributed by atoms with van der Waals surface area (Å²) >= 11 is 0. The van der Waals surface area contributed by atoms with Gasteiger partial charge in [0.05, 0.1) is 19.8 Å². The number of piperidine rings is 1. The Balaban J connectivity index is 0.00000128. The first-order valence-corrected chi connectivity index (χ1v) is 5.82. The van der Waals surface area contributed by atoms with E-state index in [2.05, 4.69) is 16.8 Å². The van der Waals surface area contributed by atoms with Gasteiger partial charge in [-0.05, 0) is 19.3 Å². The molecule has 2 N–H and O–H groups in total. The topological polar surface area (TPSA) is 50.8 Å². The Kier molecular flexibility index (Phi) is 5.30. The minimum atomic E-state index is 0. The molecule has 2 heterocycles. The van der Waals surface area contributed by atoms with E-state index in [4.69, 9.17) is 10.5 Å². The van der Waals surface area contributed by atoms with Crippen molar-refractivity contribution in [2.75, 3.05) is 32.8 Å². The van der Waals surface area contributed by atoms with Gasteiger partial charge in [-0.25, -0.2) is 0 Å². The first-order valence-electron chi connectivity index (χ1n) is 5.82. The zero-order valence-electron chi connectivity index (χ0n) is 9.95. The lowest BCUT2D eigenvalue weighted by molar-refractivity contribution is -0.0945. The minimum absolute atomic E-state index is 0. The van der Waals surface area contributed by atoms with Crippen LogP contribution < -0.4 is 5.73 Å². The van der Waals surface area contributed by atoms with Crippen LogP contribution in [0.5, 0.6) is 0 Å². The van der Waals surface area contributed by atoms with Crippen molar-refractivity contribution < 1.29 is 4.74 Å². The van der Waals surface area contributed by atoms with Crippen LogP contribution in [0, 0.1) is 5.41 Å². The van der Waals surface area contributed by atoms with E-state index in [1.807, 2.05) is 0 Å². The summed E-state index contributed by atoms with van der Waals surface area (Å²) in [6.07, 6.45) is 3.82. The fourth-order valence-electron chi connectivity index (χ4n) is 2.04. The van der Waals surface area contributed by atoms with Crippen LogP contribution in [0.3, 0.4) is 0 Å². The summed E-state index contributed by atoms with van der Waals surface area (Å²) in [6.45, 7) is 6.79. The zero-order chi connectivity index (χ0) is 10.7. The molecule has 0 aliphatic carbocycles. The van der Waals surface area contributed by atoms with E-state index in [-0.39, 0.29) is 29.4 Å². The smallest absolute Gasteiger partial charge is 0.191 e. The molecule has 0 atom stereocenters. The maximum absolute atomic E-state index is 5.97. The number of hydrogen-bond donors (Lipinski definition) is 1. The Hall–Kier alpha value is -0.0400. The van der Waals surface area contributed by atoms with Crippen LogP contribution in [-0.4, -0.2) is 43.7 Å². The molecule has 2 aliphatic heterocycles. The maximum Gasteiger partial charge on any atom is 0.191 e. The molecule has 0 spiro atoms. The van der Waals surface area contributed by atoms with Gasteiger partial charge in [-0.1, -0.05) is 6.92 Å². The second-order valence-electron chi connectivity index (χ2n) is 5.03. The fourth-order valence-corrected chi connectivity index (χ4v) is 2.04. The van der Waals surface area contributed by atoms with Crippen molar-refractivity contribution in [3.8, 4) is 0 Å². The molecule has 0 aromatic rings. The van der Waals surface area contributed by atoms with E-state index in [0.29, 0.717) is 0 Å². The van der Waals surface area contributed by atoms with Gasteiger partial charge in [-0.15, -0.1) is 24.0 Å². The number of likely N-dealkylation sites (tertiary alicyclic amines) is 1. The van der Waals surface area contributed by atoms with E-state index < -0.39 is 0 Å². The van der Waals surface area contributed by atoms with Gasteiger partial charge in [-0.3, -0.25) is 4.99 Å². The molecule has 2 aliphatic rings. The standard InChI is InChI=1S/C11H21N3O.HI/c1-11(8-15-9-11)7-13-10(12)14-5-3-2-4-6-14;/h2-9H2,1H3,(H2,12,13);1H. The molecule has 4 nitrogen and oxygen atoms in total. The normalized spacial score (nSPS) is 24.6. The van der Waals surface area contributed by atoms with Gasteiger partial charge in [0.2, 0.25) is 0 Å². The maximum atomic E-state index is 5.97. The molecule has 0 bridgehead atoms. The monoisotopic (exact) mass is 339 g/mol. The second-order valence-corrected chi connectivity index (χ2v) is 5.03. The third-order valence-corrected chi connectivity index (χ3v) is 3.20. The van der Waals surface area contributed by atoms with Gasteiger partial charge in [0.1, 0.15) is 0 Å². The van der Waals surface area contributed by atoms with Crippen LogP contribution in [0.2, 0.25) is 0 Å². The van der Waals surface area contributed by atoms with Crippen molar-refractivity contribution in [3.63, 3.8) is 0 Å². The van der Waals surface area contributed by atoms with E-state index in [1.165, 1.54) is 19.3 Å². The van der Waals surface area contributed by atoms with Crippen LogP contribution in [0.4, 0.5) is 0 Å². The first kappa shape index (κ1) is 14.0. The van der Waals surface area contributed by atoms with Gasteiger partial charge < -0.3 is 15.4 Å². The summed E-state index contributed by atoms with van der Waals surface area (Å²) in [7, 11) is 0. The molecule has 16 heavy (non-hydrogen) atoms. The van der Waals surface area contributed by atoms with Crippen molar-refractivity contribution in [2.24, 2.45) is 16.1 Å². The molecule has 0 saturated carbocycles.